The second kappa shape index (κ2) is 3.44. The molecule has 0 saturated carbocycles. The predicted molar refractivity (Wildman–Crippen MR) is 48.1 cm³/mol. The number of rotatable bonds is 2. The Kier molecular flexibility index (Phi) is 2.49. The lowest BCUT2D eigenvalue weighted by Gasteiger charge is -2.17. The summed E-state index contributed by atoms with van der Waals surface area (Å²) in [6, 6.07) is 4.80. The molecule has 0 amide bonds. The Bertz CT molecular complexity index is 390. The van der Waals surface area contributed by atoms with Crippen LogP contribution in [0.15, 0.2) is 18.3 Å². The van der Waals surface area contributed by atoms with E-state index < -0.39 is 11.5 Å². The van der Waals surface area contributed by atoms with Crippen LogP contribution in [0.1, 0.15) is 18.2 Å². The summed E-state index contributed by atoms with van der Waals surface area (Å²) in [6.07, 6.45) is 1.30. The van der Waals surface area contributed by atoms with Crippen molar-refractivity contribution in [1.29, 1.82) is 5.26 Å². The monoisotopic (exact) mass is 191 g/mol. The first-order chi connectivity index (χ1) is 6.48. The minimum absolute atomic E-state index is 0.226. The summed E-state index contributed by atoms with van der Waals surface area (Å²) in [5.74, 6) is -1.16. The SMILES string of the molecule is CC(N)(C(=O)O)c1ccc(C#N)cn1. The van der Waals surface area contributed by atoms with E-state index in [0.29, 0.717) is 5.56 Å². The van der Waals surface area contributed by atoms with Crippen molar-refractivity contribution < 1.29 is 9.90 Å². The quantitative estimate of drug-likeness (QED) is 0.696. The molecule has 72 valence electrons. The van der Waals surface area contributed by atoms with Crippen LogP contribution in [-0.2, 0) is 10.3 Å². The van der Waals surface area contributed by atoms with Crippen LogP contribution in [0.25, 0.3) is 0 Å². The predicted octanol–water partition coefficient (Wildman–Crippen LogP) is 0.212. The number of carboxylic acid groups (broad SMARTS) is 1. The zero-order chi connectivity index (χ0) is 10.8. The fourth-order valence-corrected chi connectivity index (χ4v) is 0.877. The third-order valence-corrected chi connectivity index (χ3v) is 1.87. The van der Waals surface area contributed by atoms with E-state index in [1.165, 1.54) is 25.3 Å². The summed E-state index contributed by atoms with van der Waals surface area (Å²) in [5, 5.41) is 17.3. The van der Waals surface area contributed by atoms with Crippen molar-refractivity contribution in [2.24, 2.45) is 5.73 Å². The van der Waals surface area contributed by atoms with Crippen molar-refractivity contribution in [2.75, 3.05) is 0 Å². The molecule has 3 N–H and O–H groups in total. The molecule has 1 aromatic heterocycles. The van der Waals surface area contributed by atoms with E-state index in [1.54, 1.807) is 0 Å². The number of hydrogen-bond acceptors (Lipinski definition) is 4. The molecule has 1 atom stereocenters. The summed E-state index contributed by atoms with van der Waals surface area (Å²) >= 11 is 0. The Morgan fingerprint density at radius 1 is 1.71 bits per heavy atom. The second-order valence-corrected chi connectivity index (χ2v) is 3.05. The van der Waals surface area contributed by atoms with E-state index in [1.807, 2.05) is 6.07 Å². The van der Waals surface area contributed by atoms with Crippen LogP contribution >= 0.6 is 0 Å². The minimum Gasteiger partial charge on any atom is -0.480 e. The summed E-state index contributed by atoms with van der Waals surface area (Å²) in [4.78, 5) is 14.6. The number of carboxylic acids is 1. The molecule has 0 spiro atoms. The zero-order valence-corrected chi connectivity index (χ0v) is 7.56. The van der Waals surface area contributed by atoms with E-state index in [2.05, 4.69) is 4.98 Å². The Balaban J connectivity index is 3.10. The summed E-state index contributed by atoms with van der Waals surface area (Å²) in [6.45, 7) is 1.35. The highest BCUT2D eigenvalue weighted by Crippen LogP contribution is 2.15. The largest absolute Gasteiger partial charge is 0.480 e. The average Bonchev–Trinajstić information content (AvgIpc) is 2.17. The zero-order valence-electron chi connectivity index (χ0n) is 7.56. The molecule has 1 aromatic rings. The third kappa shape index (κ3) is 1.70. The number of carbonyl (C=O) groups is 1. The highest BCUT2D eigenvalue weighted by molar-refractivity contribution is 5.79. The molecule has 0 bridgehead atoms. The number of hydrogen-bond donors (Lipinski definition) is 2. The lowest BCUT2D eigenvalue weighted by Crippen LogP contribution is -2.42. The third-order valence-electron chi connectivity index (χ3n) is 1.87. The molecule has 1 rings (SSSR count). The van der Waals surface area contributed by atoms with Crippen LogP contribution in [0.2, 0.25) is 0 Å². The van der Waals surface area contributed by atoms with Crippen molar-refractivity contribution in [1.82, 2.24) is 4.98 Å². The minimum atomic E-state index is -1.52. The van der Waals surface area contributed by atoms with Crippen LogP contribution in [0, 0.1) is 11.3 Å². The highest BCUT2D eigenvalue weighted by atomic mass is 16.4. The van der Waals surface area contributed by atoms with Crippen molar-refractivity contribution in [3.05, 3.63) is 29.6 Å². The van der Waals surface area contributed by atoms with Crippen LogP contribution in [0.4, 0.5) is 0 Å². The fraction of sp³-hybridized carbons (Fsp3) is 0.222. The number of aromatic nitrogens is 1. The van der Waals surface area contributed by atoms with Crippen molar-refractivity contribution in [2.45, 2.75) is 12.5 Å². The Hall–Kier alpha value is -1.93. The van der Waals surface area contributed by atoms with Gasteiger partial charge >= 0.3 is 5.97 Å². The molecule has 5 heteroatoms. The van der Waals surface area contributed by atoms with Crippen LogP contribution in [0.3, 0.4) is 0 Å². The molecule has 0 aliphatic carbocycles. The lowest BCUT2D eigenvalue weighted by atomic mass is 9.99. The number of nitriles is 1. The second-order valence-electron chi connectivity index (χ2n) is 3.05. The number of pyridine rings is 1. The summed E-state index contributed by atoms with van der Waals surface area (Å²) < 4.78 is 0. The molecule has 0 fully saturated rings. The number of nitrogens with two attached hydrogens (primary N) is 1. The van der Waals surface area contributed by atoms with Gasteiger partial charge in [-0.3, -0.25) is 4.98 Å². The first-order valence-electron chi connectivity index (χ1n) is 3.87. The average molecular weight is 191 g/mol. The smallest absolute Gasteiger partial charge is 0.329 e. The maximum Gasteiger partial charge on any atom is 0.329 e. The van der Waals surface area contributed by atoms with Gasteiger partial charge in [0, 0.05) is 6.20 Å². The maximum atomic E-state index is 10.7. The highest BCUT2D eigenvalue weighted by Gasteiger charge is 2.31. The Morgan fingerprint density at radius 3 is 2.71 bits per heavy atom. The van der Waals surface area contributed by atoms with Crippen molar-refractivity contribution >= 4 is 5.97 Å². The summed E-state index contributed by atoms with van der Waals surface area (Å²) in [5.41, 5.74) is 4.60. The Labute approximate surface area is 80.8 Å². The van der Waals surface area contributed by atoms with Gasteiger partial charge in [0.1, 0.15) is 6.07 Å². The van der Waals surface area contributed by atoms with Crippen molar-refractivity contribution in [3.63, 3.8) is 0 Å². The van der Waals surface area contributed by atoms with Gasteiger partial charge in [0.2, 0.25) is 0 Å². The summed E-state index contributed by atoms with van der Waals surface area (Å²) in [7, 11) is 0. The Morgan fingerprint density at radius 2 is 2.36 bits per heavy atom. The maximum absolute atomic E-state index is 10.7. The first-order valence-corrected chi connectivity index (χ1v) is 3.87. The van der Waals surface area contributed by atoms with Gasteiger partial charge in [0.25, 0.3) is 0 Å². The molecular formula is C9H9N3O2. The van der Waals surface area contributed by atoms with Gasteiger partial charge in [-0.05, 0) is 19.1 Å². The van der Waals surface area contributed by atoms with Gasteiger partial charge < -0.3 is 10.8 Å². The van der Waals surface area contributed by atoms with E-state index >= 15 is 0 Å². The van der Waals surface area contributed by atoms with Gasteiger partial charge in [-0.25, -0.2) is 4.79 Å². The van der Waals surface area contributed by atoms with E-state index in [-0.39, 0.29) is 5.69 Å². The van der Waals surface area contributed by atoms with Crippen LogP contribution in [-0.4, -0.2) is 16.1 Å². The lowest BCUT2D eigenvalue weighted by molar-refractivity contribution is -0.143. The molecule has 0 saturated heterocycles. The molecule has 14 heavy (non-hydrogen) atoms. The van der Waals surface area contributed by atoms with Gasteiger partial charge in [-0.2, -0.15) is 5.26 Å². The molecule has 5 nitrogen and oxygen atoms in total. The topological polar surface area (TPSA) is 100 Å². The number of aliphatic carboxylic acids is 1. The first kappa shape index (κ1) is 10.2. The fourth-order valence-electron chi connectivity index (χ4n) is 0.877. The van der Waals surface area contributed by atoms with Gasteiger partial charge in [0.15, 0.2) is 5.54 Å². The molecule has 1 heterocycles. The van der Waals surface area contributed by atoms with Gasteiger partial charge in [0.05, 0.1) is 11.3 Å². The van der Waals surface area contributed by atoms with E-state index in [9.17, 15) is 4.79 Å². The van der Waals surface area contributed by atoms with Gasteiger partial charge in [-0.15, -0.1) is 0 Å². The van der Waals surface area contributed by atoms with E-state index in [0.717, 1.165) is 0 Å². The van der Waals surface area contributed by atoms with E-state index in [4.69, 9.17) is 16.1 Å². The molecular weight excluding hydrogens is 182 g/mol. The van der Waals surface area contributed by atoms with Gasteiger partial charge in [-0.1, -0.05) is 0 Å². The van der Waals surface area contributed by atoms with Crippen molar-refractivity contribution in [3.8, 4) is 6.07 Å². The van der Waals surface area contributed by atoms with Crippen LogP contribution < -0.4 is 5.73 Å². The normalized spacial score (nSPS) is 14.1. The standard InChI is InChI=1S/C9H9N3O2/c1-9(11,8(13)14)7-3-2-6(4-10)5-12-7/h2-3,5H,11H2,1H3,(H,13,14). The molecule has 1 unspecified atom stereocenters. The molecule has 0 aromatic carbocycles. The molecule has 0 aliphatic rings. The number of nitrogens with zero attached hydrogens (tertiary/aromatic N) is 2. The van der Waals surface area contributed by atoms with Crippen LogP contribution in [0.5, 0.6) is 0 Å². The molecule has 0 radical (unpaired) electrons. The molecule has 0 aliphatic heterocycles.